The van der Waals surface area contributed by atoms with Crippen LogP contribution in [0.2, 0.25) is 5.02 Å². The Labute approximate surface area is 223 Å². The lowest BCUT2D eigenvalue weighted by Crippen LogP contribution is -2.44. The maximum atomic E-state index is 14.3. The van der Waals surface area contributed by atoms with E-state index < -0.39 is 24.0 Å². The van der Waals surface area contributed by atoms with Gasteiger partial charge in [0.2, 0.25) is 0 Å². The molecule has 0 spiro atoms. The van der Waals surface area contributed by atoms with Crippen molar-refractivity contribution >= 4 is 23.5 Å². The van der Waals surface area contributed by atoms with Crippen molar-refractivity contribution in [1.29, 1.82) is 0 Å². The molecule has 0 bridgehead atoms. The Kier molecular flexibility index (Phi) is 8.77. The van der Waals surface area contributed by atoms with Crippen molar-refractivity contribution in [1.82, 2.24) is 25.5 Å². The second-order valence-corrected chi connectivity index (χ2v) is 8.98. The molecule has 38 heavy (non-hydrogen) atoms. The highest BCUT2D eigenvalue weighted by atomic mass is 35.5. The second kappa shape index (κ2) is 12.4. The van der Waals surface area contributed by atoms with E-state index in [1.807, 2.05) is 12.1 Å². The molecule has 0 fully saturated rings. The average Bonchev–Trinajstić information content (AvgIpc) is 3.42. The summed E-state index contributed by atoms with van der Waals surface area (Å²) >= 11 is 6.03. The highest BCUT2D eigenvalue weighted by molar-refractivity contribution is 6.30. The fourth-order valence-electron chi connectivity index (χ4n) is 3.93. The van der Waals surface area contributed by atoms with Gasteiger partial charge in [-0.1, -0.05) is 35.9 Å². The van der Waals surface area contributed by atoms with Crippen LogP contribution in [-0.2, 0) is 16.0 Å². The summed E-state index contributed by atoms with van der Waals surface area (Å²) in [6.45, 7) is 1.89. The van der Waals surface area contributed by atoms with Crippen molar-refractivity contribution in [2.75, 3.05) is 6.61 Å². The normalized spacial score (nSPS) is 12.5. The molecule has 1 amide bonds. The molecule has 4 N–H and O–H groups in total. The number of hydrogen-bond acceptors (Lipinski definition) is 7. The summed E-state index contributed by atoms with van der Waals surface area (Å²) in [7, 11) is 0. The van der Waals surface area contributed by atoms with E-state index in [4.69, 9.17) is 22.1 Å². The Morgan fingerprint density at radius 1 is 1.13 bits per heavy atom. The number of nitrogens with one attached hydrogen (secondary N) is 2. The Balaban J connectivity index is 1.51. The van der Waals surface area contributed by atoms with Crippen molar-refractivity contribution in [3.63, 3.8) is 0 Å². The molecule has 9 nitrogen and oxygen atoms in total. The van der Waals surface area contributed by atoms with Crippen molar-refractivity contribution in [2.45, 2.75) is 31.8 Å². The largest absolute Gasteiger partial charge is 0.465 e. The van der Waals surface area contributed by atoms with Crippen molar-refractivity contribution in [3.8, 4) is 22.5 Å². The number of carbonyl (C=O) groups excluding carboxylic acids is 2. The van der Waals surface area contributed by atoms with Crippen LogP contribution < -0.4 is 11.1 Å². The highest BCUT2D eigenvalue weighted by Crippen LogP contribution is 2.26. The van der Waals surface area contributed by atoms with Crippen LogP contribution >= 0.6 is 11.6 Å². The first-order chi connectivity index (χ1) is 18.3. The Morgan fingerprint density at radius 2 is 1.92 bits per heavy atom. The highest BCUT2D eigenvalue weighted by Gasteiger charge is 2.24. The van der Waals surface area contributed by atoms with Crippen LogP contribution in [-0.4, -0.2) is 50.7 Å². The lowest BCUT2D eigenvalue weighted by Gasteiger charge is -2.21. The molecule has 0 radical (unpaired) electrons. The molecule has 2 unspecified atom stereocenters. The maximum absolute atomic E-state index is 14.3. The van der Waals surface area contributed by atoms with E-state index in [9.17, 15) is 14.0 Å². The number of aromatic amines is 1. The van der Waals surface area contributed by atoms with Crippen LogP contribution in [0.15, 0.2) is 67.1 Å². The number of carbonyl (C=O) groups is 2. The number of rotatable bonds is 10. The molecule has 0 aliphatic rings. The number of H-pyrrole nitrogens is 1. The second-order valence-electron chi connectivity index (χ2n) is 8.55. The lowest BCUT2D eigenvalue weighted by atomic mass is 9.97. The number of benzene rings is 2. The summed E-state index contributed by atoms with van der Waals surface area (Å²) in [5, 5.41) is 10.2. The number of amides is 1. The van der Waals surface area contributed by atoms with Gasteiger partial charge in [0, 0.05) is 29.0 Å². The summed E-state index contributed by atoms with van der Waals surface area (Å²) in [5.74, 6) is -1.36. The molecule has 2 atom stereocenters. The van der Waals surface area contributed by atoms with Gasteiger partial charge >= 0.3 is 5.97 Å². The summed E-state index contributed by atoms with van der Waals surface area (Å²) in [5.41, 5.74) is 9.16. The zero-order chi connectivity index (χ0) is 27.1. The summed E-state index contributed by atoms with van der Waals surface area (Å²) in [6, 6.07) is 11.7. The van der Waals surface area contributed by atoms with Gasteiger partial charge in [-0.05, 0) is 55.2 Å². The summed E-state index contributed by atoms with van der Waals surface area (Å²) in [6.07, 6.45) is 5.11. The van der Waals surface area contributed by atoms with E-state index >= 15 is 0 Å². The van der Waals surface area contributed by atoms with Gasteiger partial charge in [-0.25, -0.2) is 4.39 Å². The third kappa shape index (κ3) is 6.78. The maximum Gasteiger partial charge on any atom is 0.322 e. The van der Waals surface area contributed by atoms with E-state index in [0.29, 0.717) is 34.0 Å². The van der Waals surface area contributed by atoms with Crippen molar-refractivity contribution in [2.24, 2.45) is 5.73 Å². The zero-order valence-corrected chi connectivity index (χ0v) is 21.3. The SMILES string of the molecule is CCOC(=O)C(N)CC(Cc1ccc(-c2cc(Cl)ccc2F)cc1)NC(=O)c1cc(-c2cnccn2)n[nH]1. The van der Waals surface area contributed by atoms with Crippen molar-refractivity contribution in [3.05, 3.63) is 89.2 Å². The predicted molar refractivity (Wildman–Crippen MR) is 141 cm³/mol. The minimum Gasteiger partial charge on any atom is -0.465 e. The third-order valence-electron chi connectivity index (χ3n) is 5.79. The molecule has 0 aliphatic carbocycles. The van der Waals surface area contributed by atoms with Crippen molar-refractivity contribution < 1.29 is 18.7 Å². The molecule has 4 aromatic rings. The summed E-state index contributed by atoms with van der Waals surface area (Å²) < 4.78 is 19.3. The number of hydrogen-bond donors (Lipinski definition) is 3. The number of ether oxygens (including phenoxy) is 1. The number of esters is 1. The van der Waals surface area contributed by atoms with Crippen LogP contribution in [0.5, 0.6) is 0 Å². The van der Waals surface area contributed by atoms with Gasteiger partial charge < -0.3 is 15.8 Å². The Hall–Kier alpha value is -4.15. The fraction of sp³-hybridized carbons (Fsp3) is 0.222. The molecule has 2 aromatic heterocycles. The third-order valence-corrected chi connectivity index (χ3v) is 6.02. The van der Waals surface area contributed by atoms with E-state index in [2.05, 4.69) is 25.5 Å². The van der Waals surface area contributed by atoms with Crippen LogP contribution in [0, 0.1) is 5.82 Å². The van der Waals surface area contributed by atoms with Gasteiger partial charge in [-0.2, -0.15) is 5.10 Å². The Bertz CT molecular complexity index is 1400. The first kappa shape index (κ1) is 26.9. The lowest BCUT2D eigenvalue weighted by molar-refractivity contribution is -0.145. The molecule has 2 heterocycles. The van der Waals surface area contributed by atoms with Gasteiger partial charge in [0.25, 0.3) is 5.91 Å². The number of halogens is 2. The van der Waals surface area contributed by atoms with E-state index in [1.54, 1.807) is 37.4 Å². The van der Waals surface area contributed by atoms with Gasteiger partial charge in [-0.15, -0.1) is 0 Å². The first-order valence-corrected chi connectivity index (χ1v) is 12.3. The molecule has 11 heteroatoms. The first-order valence-electron chi connectivity index (χ1n) is 11.9. The smallest absolute Gasteiger partial charge is 0.322 e. The molecular formula is C27H26ClFN6O3. The van der Waals surface area contributed by atoms with E-state index in [0.717, 1.165) is 5.56 Å². The number of nitrogens with two attached hydrogens (primary N) is 1. The summed E-state index contributed by atoms with van der Waals surface area (Å²) in [4.78, 5) is 33.4. The Morgan fingerprint density at radius 3 is 2.63 bits per heavy atom. The molecule has 2 aromatic carbocycles. The molecule has 0 saturated carbocycles. The number of nitrogens with zero attached hydrogens (tertiary/aromatic N) is 3. The molecule has 4 rings (SSSR count). The van der Waals surface area contributed by atoms with E-state index in [-0.39, 0.29) is 24.5 Å². The van der Waals surface area contributed by atoms with Crippen LogP contribution in [0.25, 0.3) is 22.5 Å². The average molecular weight is 537 g/mol. The zero-order valence-electron chi connectivity index (χ0n) is 20.5. The van der Waals surface area contributed by atoms with Crippen LogP contribution in [0.3, 0.4) is 0 Å². The molecule has 0 aliphatic heterocycles. The van der Waals surface area contributed by atoms with E-state index in [1.165, 1.54) is 24.5 Å². The minimum absolute atomic E-state index is 0.139. The quantitative estimate of drug-likeness (QED) is 0.261. The van der Waals surface area contributed by atoms with Crippen LogP contribution in [0.4, 0.5) is 4.39 Å². The van der Waals surface area contributed by atoms with Gasteiger partial charge in [0.15, 0.2) is 0 Å². The van der Waals surface area contributed by atoms with Gasteiger partial charge in [0.1, 0.15) is 28.9 Å². The van der Waals surface area contributed by atoms with Gasteiger partial charge in [-0.3, -0.25) is 24.7 Å². The predicted octanol–water partition coefficient (Wildman–Crippen LogP) is 3.95. The minimum atomic E-state index is -0.933. The fourth-order valence-corrected chi connectivity index (χ4v) is 4.10. The van der Waals surface area contributed by atoms with Crippen LogP contribution in [0.1, 0.15) is 29.4 Å². The molecular weight excluding hydrogens is 511 g/mol. The molecule has 196 valence electrons. The topological polar surface area (TPSA) is 136 Å². The monoisotopic (exact) mass is 536 g/mol. The van der Waals surface area contributed by atoms with Gasteiger partial charge in [0.05, 0.1) is 12.8 Å². The molecule has 0 saturated heterocycles. The number of aromatic nitrogens is 4. The standard InChI is InChI=1S/C27H26ClFN6O3/c1-2-38-27(37)22(30)13-19(33-26(36)24-14-23(34-35-24)25-15-31-9-10-32-25)11-16-3-5-17(6-4-16)20-12-18(28)7-8-21(20)29/h3-10,12,14-15,19,22H,2,11,13,30H2,1H3,(H,33,36)(H,34,35).